The van der Waals surface area contributed by atoms with E-state index in [1.54, 1.807) is 24.3 Å². The minimum absolute atomic E-state index is 0.142. The lowest BCUT2D eigenvalue weighted by Crippen LogP contribution is -2.49. The molecule has 1 fully saturated rings. The lowest BCUT2D eigenvalue weighted by molar-refractivity contribution is -0.147. The molecular formula is C24H29ClN2O7. The number of nitrogens with one attached hydrogen (secondary N) is 1. The molecule has 10 heteroatoms. The fourth-order valence-electron chi connectivity index (χ4n) is 4.46. The Balaban J connectivity index is 1.72. The number of carbonyl (C=O) groups is 3. The molecular weight excluding hydrogens is 464 g/mol. The average Bonchev–Trinajstić information content (AvgIpc) is 3.47. The maximum Gasteiger partial charge on any atom is 0.326 e. The van der Waals surface area contributed by atoms with E-state index in [9.17, 15) is 24.6 Å². The van der Waals surface area contributed by atoms with Gasteiger partial charge in [-0.15, -0.1) is 0 Å². The Morgan fingerprint density at radius 3 is 2.44 bits per heavy atom. The van der Waals surface area contributed by atoms with Gasteiger partial charge in [0.1, 0.15) is 6.04 Å². The Morgan fingerprint density at radius 2 is 1.85 bits per heavy atom. The molecule has 2 atom stereocenters. The Labute approximate surface area is 202 Å². The molecule has 184 valence electrons. The van der Waals surface area contributed by atoms with Crippen molar-refractivity contribution >= 4 is 29.4 Å². The number of amides is 1. The molecule has 0 bridgehead atoms. The van der Waals surface area contributed by atoms with Crippen molar-refractivity contribution in [1.29, 1.82) is 0 Å². The molecule has 34 heavy (non-hydrogen) atoms. The second-order valence-corrected chi connectivity index (χ2v) is 9.14. The number of hydrogen-bond acceptors (Lipinski definition) is 6. The van der Waals surface area contributed by atoms with Crippen LogP contribution in [0.3, 0.4) is 0 Å². The maximum absolute atomic E-state index is 13.3. The first-order valence-corrected chi connectivity index (χ1v) is 11.6. The van der Waals surface area contributed by atoms with Crippen LogP contribution in [0.1, 0.15) is 44.4 Å². The van der Waals surface area contributed by atoms with Crippen molar-refractivity contribution in [2.45, 2.75) is 51.0 Å². The highest BCUT2D eigenvalue weighted by atomic mass is 35.5. The van der Waals surface area contributed by atoms with Crippen LogP contribution in [0.4, 0.5) is 0 Å². The summed E-state index contributed by atoms with van der Waals surface area (Å²) in [7, 11) is 1.50. The molecule has 0 saturated heterocycles. The van der Waals surface area contributed by atoms with Gasteiger partial charge in [-0.3, -0.25) is 9.59 Å². The predicted octanol–water partition coefficient (Wildman–Crippen LogP) is 3.79. The fraction of sp³-hybridized carbons (Fsp3) is 0.500. The minimum Gasteiger partial charge on any atom is -0.481 e. The number of aromatic nitrogens is 1. The smallest absolute Gasteiger partial charge is 0.326 e. The quantitative estimate of drug-likeness (QED) is 0.406. The number of carboxylic acid groups (broad SMARTS) is 2. The monoisotopic (exact) mass is 492 g/mol. The molecule has 2 aromatic rings. The third kappa shape index (κ3) is 6.36. The van der Waals surface area contributed by atoms with Crippen LogP contribution >= 0.6 is 11.6 Å². The summed E-state index contributed by atoms with van der Waals surface area (Å²) in [5.74, 6) is -2.77. The normalized spacial score (nSPS) is 16.6. The number of rotatable bonds is 12. The fourth-order valence-corrected chi connectivity index (χ4v) is 4.58. The van der Waals surface area contributed by atoms with Gasteiger partial charge in [0.25, 0.3) is 0 Å². The number of carbonyl (C=O) groups excluding carboxylic acids is 1. The zero-order valence-corrected chi connectivity index (χ0v) is 19.7. The van der Waals surface area contributed by atoms with E-state index in [0.717, 1.165) is 18.4 Å². The topological polar surface area (TPSA) is 139 Å². The highest BCUT2D eigenvalue weighted by Gasteiger charge is 2.45. The van der Waals surface area contributed by atoms with Crippen molar-refractivity contribution in [3.8, 4) is 11.3 Å². The van der Waals surface area contributed by atoms with E-state index in [1.165, 1.54) is 13.3 Å². The first-order chi connectivity index (χ1) is 16.2. The van der Waals surface area contributed by atoms with Crippen molar-refractivity contribution in [3.63, 3.8) is 0 Å². The van der Waals surface area contributed by atoms with Gasteiger partial charge in [-0.2, -0.15) is 0 Å². The van der Waals surface area contributed by atoms with E-state index in [4.69, 9.17) is 20.8 Å². The van der Waals surface area contributed by atoms with Crippen LogP contribution in [-0.4, -0.2) is 52.8 Å². The predicted molar refractivity (Wildman–Crippen MR) is 123 cm³/mol. The Hall–Kier alpha value is -2.91. The molecule has 1 aliphatic rings. The molecule has 0 spiro atoms. The number of benzene rings is 1. The van der Waals surface area contributed by atoms with Gasteiger partial charge in [0.2, 0.25) is 5.91 Å². The summed E-state index contributed by atoms with van der Waals surface area (Å²) in [6.45, 7) is 0.270. The summed E-state index contributed by atoms with van der Waals surface area (Å²) in [5.41, 5.74) is -0.185. The van der Waals surface area contributed by atoms with E-state index < -0.39 is 35.2 Å². The first kappa shape index (κ1) is 25.7. The van der Waals surface area contributed by atoms with Gasteiger partial charge in [-0.25, -0.2) is 9.78 Å². The molecule has 1 saturated carbocycles. The number of carboxylic acids is 2. The molecule has 3 N–H and O–H groups in total. The van der Waals surface area contributed by atoms with Gasteiger partial charge in [0.15, 0.2) is 11.7 Å². The second kappa shape index (κ2) is 11.5. The Morgan fingerprint density at radius 1 is 1.18 bits per heavy atom. The van der Waals surface area contributed by atoms with Crippen LogP contribution in [0.2, 0.25) is 5.02 Å². The van der Waals surface area contributed by atoms with E-state index in [2.05, 4.69) is 10.3 Å². The molecule has 3 rings (SSSR count). The number of oxazole rings is 1. The largest absolute Gasteiger partial charge is 0.481 e. The summed E-state index contributed by atoms with van der Waals surface area (Å²) in [5, 5.41) is 22.6. The van der Waals surface area contributed by atoms with Gasteiger partial charge in [0.05, 0.1) is 24.0 Å². The summed E-state index contributed by atoms with van der Waals surface area (Å²) >= 11 is 5.90. The van der Waals surface area contributed by atoms with E-state index in [0.29, 0.717) is 23.6 Å². The van der Waals surface area contributed by atoms with E-state index >= 15 is 0 Å². The van der Waals surface area contributed by atoms with Crippen LogP contribution in [-0.2, 0) is 25.5 Å². The van der Waals surface area contributed by atoms with Gasteiger partial charge >= 0.3 is 11.9 Å². The Kier molecular flexibility index (Phi) is 8.68. The minimum atomic E-state index is -1.26. The van der Waals surface area contributed by atoms with Gasteiger partial charge in [-0.1, -0.05) is 24.4 Å². The summed E-state index contributed by atoms with van der Waals surface area (Å²) in [6.07, 6.45) is 4.37. The van der Waals surface area contributed by atoms with Crippen LogP contribution < -0.4 is 5.32 Å². The van der Waals surface area contributed by atoms with Crippen LogP contribution in [0.25, 0.3) is 11.3 Å². The maximum atomic E-state index is 13.3. The van der Waals surface area contributed by atoms with E-state index in [1.807, 2.05) is 0 Å². The molecule has 0 aliphatic heterocycles. The third-order valence-electron chi connectivity index (χ3n) is 6.36. The van der Waals surface area contributed by atoms with E-state index in [-0.39, 0.29) is 31.8 Å². The molecule has 1 aromatic carbocycles. The van der Waals surface area contributed by atoms with Crippen LogP contribution in [0, 0.1) is 11.3 Å². The van der Waals surface area contributed by atoms with Crippen molar-refractivity contribution in [2.75, 3.05) is 13.7 Å². The van der Waals surface area contributed by atoms with Crippen molar-refractivity contribution in [3.05, 3.63) is 41.4 Å². The SMILES string of the molecule is COCC[C@H](CC1(C(=O)N[C@@H](Cc2ncc(-c3ccc(Cl)cc3)o2)C(=O)O)CCCC1)C(=O)O. The number of nitrogens with zero attached hydrogens (tertiary/aromatic N) is 1. The van der Waals surface area contributed by atoms with Crippen LogP contribution in [0.5, 0.6) is 0 Å². The lowest BCUT2D eigenvalue weighted by Gasteiger charge is -2.31. The second-order valence-electron chi connectivity index (χ2n) is 8.70. The average molecular weight is 493 g/mol. The Bertz CT molecular complexity index is 999. The molecule has 1 amide bonds. The standard InChI is InChI=1S/C24H29ClN2O7/c1-33-11-8-16(21(28)29)13-24(9-2-3-10-24)23(32)27-18(22(30)31)12-20-26-14-19(34-20)15-4-6-17(25)7-5-15/h4-7,14,16,18H,2-3,8-13H2,1H3,(H,27,32)(H,28,29)(H,30,31)/t16-,18+/m1/s1. The van der Waals surface area contributed by atoms with Crippen molar-refractivity contribution in [2.24, 2.45) is 11.3 Å². The number of methoxy groups -OCH3 is 1. The number of hydrogen-bond donors (Lipinski definition) is 3. The molecule has 1 aliphatic carbocycles. The highest BCUT2D eigenvalue weighted by Crippen LogP contribution is 2.44. The number of aliphatic carboxylic acids is 2. The number of halogens is 1. The lowest BCUT2D eigenvalue weighted by atomic mass is 9.75. The summed E-state index contributed by atoms with van der Waals surface area (Å²) in [6, 6.07) is 5.67. The van der Waals surface area contributed by atoms with Crippen molar-refractivity contribution < 1.29 is 33.8 Å². The summed E-state index contributed by atoms with van der Waals surface area (Å²) < 4.78 is 10.7. The van der Waals surface area contributed by atoms with Gasteiger partial charge in [0, 0.05) is 24.3 Å². The molecule has 0 radical (unpaired) electrons. The first-order valence-electron chi connectivity index (χ1n) is 11.2. The molecule has 1 aromatic heterocycles. The van der Waals surface area contributed by atoms with Gasteiger partial charge in [-0.05, 0) is 49.9 Å². The molecule has 9 nitrogen and oxygen atoms in total. The van der Waals surface area contributed by atoms with Crippen molar-refractivity contribution in [1.82, 2.24) is 10.3 Å². The van der Waals surface area contributed by atoms with Gasteiger partial charge < -0.3 is 24.7 Å². The third-order valence-corrected chi connectivity index (χ3v) is 6.62. The molecule has 1 heterocycles. The zero-order valence-electron chi connectivity index (χ0n) is 19.0. The highest BCUT2D eigenvalue weighted by molar-refractivity contribution is 6.30. The zero-order chi connectivity index (χ0) is 24.7. The van der Waals surface area contributed by atoms with Crippen LogP contribution in [0.15, 0.2) is 34.9 Å². The molecule has 0 unspecified atom stereocenters. The summed E-state index contributed by atoms with van der Waals surface area (Å²) in [4.78, 5) is 41.2. The number of ether oxygens (including phenoxy) is 1.